The molecule has 0 fully saturated rings. The van der Waals surface area contributed by atoms with E-state index in [0.29, 0.717) is 57.7 Å². The third-order valence-corrected chi connectivity index (χ3v) is 8.12. The highest BCUT2D eigenvalue weighted by Gasteiger charge is 2.23. The van der Waals surface area contributed by atoms with Gasteiger partial charge in [0.2, 0.25) is 5.91 Å². The molecule has 2 aromatic heterocycles. The number of anilines is 1. The van der Waals surface area contributed by atoms with E-state index in [1.807, 2.05) is 48.7 Å². The number of thiophene rings is 1. The Bertz CT molecular complexity index is 1450. The summed E-state index contributed by atoms with van der Waals surface area (Å²) in [6.07, 6.45) is 1.13. The Morgan fingerprint density at radius 2 is 1.81 bits per heavy atom. The summed E-state index contributed by atoms with van der Waals surface area (Å²) in [4.78, 5) is 31.4. The lowest BCUT2D eigenvalue weighted by atomic mass is 10.1. The van der Waals surface area contributed by atoms with Gasteiger partial charge < -0.3 is 19.5 Å². The predicted molar refractivity (Wildman–Crippen MR) is 149 cm³/mol. The number of amides is 1. The van der Waals surface area contributed by atoms with Crippen LogP contribution in [0.2, 0.25) is 0 Å². The van der Waals surface area contributed by atoms with Crippen molar-refractivity contribution in [3.8, 4) is 17.2 Å². The van der Waals surface area contributed by atoms with Crippen molar-refractivity contribution in [2.24, 2.45) is 0 Å². The molecule has 0 aliphatic rings. The highest BCUT2D eigenvalue weighted by molar-refractivity contribution is 8.00. The number of para-hydroxylation sites is 2. The fourth-order valence-corrected chi connectivity index (χ4v) is 5.72. The highest BCUT2D eigenvalue weighted by atomic mass is 32.2. The topological polar surface area (TPSA) is 91.7 Å². The van der Waals surface area contributed by atoms with Gasteiger partial charge >= 0.3 is 0 Å². The molecule has 0 saturated heterocycles. The summed E-state index contributed by atoms with van der Waals surface area (Å²) in [5, 5.41) is 4.87. The molecule has 2 aromatic carbocycles. The Labute approximate surface area is 223 Å². The van der Waals surface area contributed by atoms with Crippen LogP contribution in [0.25, 0.3) is 10.2 Å². The molecule has 10 heteroatoms. The van der Waals surface area contributed by atoms with Crippen LogP contribution in [0.5, 0.6) is 17.2 Å². The molecule has 194 valence electrons. The third-order valence-electron chi connectivity index (χ3n) is 5.88. The summed E-state index contributed by atoms with van der Waals surface area (Å²) < 4.78 is 18.4. The minimum Gasteiger partial charge on any atom is -0.495 e. The maximum Gasteiger partial charge on any atom is 0.272 e. The minimum absolute atomic E-state index is 0.108. The van der Waals surface area contributed by atoms with Crippen LogP contribution in [0.15, 0.2) is 63.9 Å². The van der Waals surface area contributed by atoms with Crippen molar-refractivity contribution in [3.63, 3.8) is 0 Å². The van der Waals surface area contributed by atoms with Crippen molar-refractivity contribution < 1.29 is 19.0 Å². The van der Waals surface area contributed by atoms with Crippen LogP contribution in [0.3, 0.4) is 0 Å². The molecule has 4 rings (SSSR count). The van der Waals surface area contributed by atoms with Gasteiger partial charge in [-0.25, -0.2) is 4.98 Å². The first-order valence-electron chi connectivity index (χ1n) is 11.8. The van der Waals surface area contributed by atoms with E-state index in [1.165, 1.54) is 23.1 Å². The number of hydrogen-bond acceptors (Lipinski definition) is 8. The molecule has 1 N–H and O–H groups in total. The number of carbonyl (C=O) groups excluding carboxylic acids is 1. The van der Waals surface area contributed by atoms with Crippen LogP contribution in [-0.4, -0.2) is 42.0 Å². The summed E-state index contributed by atoms with van der Waals surface area (Å²) in [6, 6.07) is 14.8. The quantitative estimate of drug-likeness (QED) is 0.206. The SMILES string of the molecule is CCC(Sc1nc2ccsc2c(=O)n1CCc1ccc(OC)c(OC)c1)C(=O)Nc1ccccc1OC. The molecular weight excluding hydrogens is 510 g/mol. The van der Waals surface area contributed by atoms with Gasteiger partial charge in [0, 0.05) is 6.54 Å². The van der Waals surface area contributed by atoms with Gasteiger partial charge in [0.15, 0.2) is 16.7 Å². The second-order valence-corrected chi connectivity index (χ2v) is 10.2. The molecule has 0 aliphatic heterocycles. The smallest absolute Gasteiger partial charge is 0.272 e. The number of methoxy groups -OCH3 is 3. The zero-order chi connectivity index (χ0) is 26.4. The fourth-order valence-electron chi connectivity index (χ4n) is 3.90. The van der Waals surface area contributed by atoms with Crippen LogP contribution < -0.4 is 25.1 Å². The Balaban J connectivity index is 1.61. The Morgan fingerprint density at radius 3 is 2.54 bits per heavy atom. The fraction of sp³-hybridized carbons (Fsp3) is 0.296. The van der Waals surface area contributed by atoms with E-state index in [0.717, 1.165) is 5.56 Å². The van der Waals surface area contributed by atoms with Crippen molar-refractivity contribution in [2.45, 2.75) is 36.7 Å². The largest absolute Gasteiger partial charge is 0.495 e. The molecule has 8 nitrogen and oxygen atoms in total. The summed E-state index contributed by atoms with van der Waals surface area (Å²) >= 11 is 2.67. The highest BCUT2D eigenvalue weighted by Crippen LogP contribution is 2.30. The van der Waals surface area contributed by atoms with Gasteiger partial charge in [0.25, 0.3) is 5.56 Å². The normalized spacial score (nSPS) is 11.8. The summed E-state index contributed by atoms with van der Waals surface area (Å²) in [5.74, 6) is 1.68. The second kappa shape index (κ2) is 12.2. The molecule has 0 spiro atoms. The van der Waals surface area contributed by atoms with E-state index in [2.05, 4.69) is 5.32 Å². The van der Waals surface area contributed by atoms with Crippen LogP contribution >= 0.6 is 23.1 Å². The van der Waals surface area contributed by atoms with Crippen molar-refractivity contribution in [1.82, 2.24) is 9.55 Å². The summed E-state index contributed by atoms with van der Waals surface area (Å²) in [6.45, 7) is 2.34. The Hall–Kier alpha value is -3.50. The molecule has 37 heavy (non-hydrogen) atoms. The number of ether oxygens (including phenoxy) is 3. The van der Waals surface area contributed by atoms with E-state index in [-0.39, 0.29) is 11.5 Å². The standard InChI is InChI=1S/C27H29N3O5S2/c1-5-23(25(31)28-18-8-6-7-9-20(18)33-2)37-27-29-19-13-15-36-24(19)26(32)30(27)14-12-17-10-11-21(34-3)22(16-17)35-4/h6-11,13,15-16,23H,5,12,14H2,1-4H3,(H,28,31). The van der Waals surface area contributed by atoms with Gasteiger partial charge in [-0.1, -0.05) is 36.9 Å². The predicted octanol–water partition coefficient (Wildman–Crippen LogP) is 5.24. The van der Waals surface area contributed by atoms with Crippen molar-refractivity contribution in [1.29, 1.82) is 0 Å². The van der Waals surface area contributed by atoms with Gasteiger partial charge in [0.1, 0.15) is 10.4 Å². The maximum absolute atomic E-state index is 13.4. The number of nitrogens with one attached hydrogen (secondary N) is 1. The lowest BCUT2D eigenvalue weighted by molar-refractivity contribution is -0.115. The minimum atomic E-state index is -0.458. The molecule has 4 aromatic rings. The number of fused-ring (bicyclic) bond motifs is 1. The number of nitrogens with zero attached hydrogens (tertiary/aromatic N) is 2. The number of aryl methyl sites for hydroxylation is 1. The van der Waals surface area contributed by atoms with Crippen LogP contribution in [-0.2, 0) is 17.8 Å². The van der Waals surface area contributed by atoms with Gasteiger partial charge in [-0.2, -0.15) is 0 Å². The third kappa shape index (κ3) is 5.91. The van der Waals surface area contributed by atoms with E-state index in [9.17, 15) is 9.59 Å². The molecule has 0 aliphatic carbocycles. The number of aromatic nitrogens is 2. The number of rotatable bonds is 11. The second-order valence-electron chi connectivity index (χ2n) is 8.13. The van der Waals surface area contributed by atoms with Gasteiger partial charge in [-0.3, -0.25) is 14.2 Å². The van der Waals surface area contributed by atoms with E-state index in [1.54, 1.807) is 38.0 Å². The first kappa shape index (κ1) is 26.6. The molecule has 0 saturated carbocycles. The first-order chi connectivity index (χ1) is 18.0. The number of hydrogen-bond donors (Lipinski definition) is 1. The molecule has 1 atom stereocenters. The number of thioether (sulfide) groups is 1. The van der Waals surface area contributed by atoms with Gasteiger partial charge in [-0.15, -0.1) is 11.3 Å². The zero-order valence-corrected chi connectivity index (χ0v) is 22.8. The zero-order valence-electron chi connectivity index (χ0n) is 21.1. The van der Waals surface area contributed by atoms with Crippen molar-refractivity contribution in [3.05, 3.63) is 69.8 Å². The lowest BCUT2D eigenvalue weighted by Gasteiger charge is -2.18. The Morgan fingerprint density at radius 1 is 1.05 bits per heavy atom. The van der Waals surface area contributed by atoms with Crippen LogP contribution in [0.1, 0.15) is 18.9 Å². The number of carbonyl (C=O) groups is 1. The van der Waals surface area contributed by atoms with Crippen molar-refractivity contribution in [2.75, 3.05) is 26.6 Å². The first-order valence-corrected chi connectivity index (χ1v) is 13.5. The monoisotopic (exact) mass is 539 g/mol. The average Bonchev–Trinajstić information content (AvgIpc) is 3.40. The van der Waals surface area contributed by atoms with Crippen LogP contribution in [0.4, 0.5) is 5.69 Å². The van der Waals surface area contributed by atoms with E-state index >= 15 is 0 Å². The molecule has 2 heterocycles. The van der Waals surface area contributed by atoms with Crippen LogP contribution in [0, 0.1) is 0 Å². The number of benzene rings is 2. The Kier molecular flexibility index (Phi) is 8.73. The maximum atomic E-state index is 13.4. The van der Waals surface area contributed by atoms with Gasteiger partial charge in [-0.05, 0) is 54.1 Å². The average molecular weight is 540 g/mol. The van der Waals surface area contributed by atoms with E-state index < -0.39 is 5.25 Å². The molecule has 1 amide bonds. The van der Waals surface area contributed by atoms with Crippen molar-refractivity contribution >= 4 is 44.9 Å². The lowest BCUT2D eigenvalue weighted by Crippen LogP contribution is -2.28. The van der Waals surface area contributed by atoms with Gasteiger partial charge in [0.05, 0.1) is 37.8 Å². The van der Waals surface area contributed by atoms with E-state index in [4.69, 9.17) is 19.2 Å². The molecular formula is C27H29N3O5S2. The summed E-state index contributed by atoms with van der Waals surface area (Å²) in [7, 11) is 4.75. The summed E-state index contributed by atoms with van der Waals surface area (Å²) in [5.41, 5.74) is 2.12. The molecule has 1 unspecified atom stereocenters. The molecule has 0 radical (unpaired) electrons. The molecule has 0 bridgehead atoms.